The molecule has 2 heterocycles. The van der Waals surface area contributed by atoms with Crippen molar-refractivity contribution in [1.29, 1.82) is 0 Å². The lowest BCUT2D eigenvalue weighted by Crippen LogP contribution is -2.34. The summed E-state index contributed by atoms with van der Waals surface area (Å²) in [6.07, 6.45) is -0.999. The van der Waals surface area contributed by atoms with Crippen LogP contribution >= 0.6 is 0 Å². The Morgan fingerprint density at radius 1 is 1.35 bits per heavy atom. The second-order valence-corrected chi connectivity index (χ2v) is 4.78. The molecule has 112 valence electrons. The highest BCUT2D eigenvalue weighted by Crippen LogP contribution is 2.29. The van der Waals surface area contributed by atoms with Gasteiger partial charge >= 0.3 is 6.18 Å². The topological polar surface area (TPSA) is 46.0 Å². The van der Waals surface area contributed by atoms with Gasteiger partial charge in [-0.3, -0.25) is 9.58 Å². The zero-order valence-corrected chi connectivity index (χ0v) is 11.3. The van der Waals surface area contributed by atoms with Gasteiger partial charge in [-0.2, -0.15) is 13.2 Å². The number of nitrogens with one attached hydrogen (secondary N) is 1. The lowest BCUT2D eigenvalue weighted by atomic mass is 10.1. The number of hydrogen-bond acceptors (Lipinski definition) is 4. The van der Waals surface area contributed by atoms with Crippen LogP contribution in [0.15, 0.2) is 17.8 Å². The first kappa shape index (κ1) is 15.0. The zero-order valence-electron chi connectivity index (χ0n) is 11.3. The maximum Gasteiger partial charge on any atom is 0.412 e. The van der Waals surface area contributed by atoms with Crippen molar-refractivity contribution in [3.63, 3.8) is 0 Å². The van der Waals surface area contributed by atoms with Crippen LogP contribution in [0.25, 0.3) is 0 Å². The fraction of sp³-hybridized carbons (Fsp3) is 0.667. The summed E-state index contributed by atoms with van der Waals surface area (Å²) >= 11 is 0. The van der Waals surface area contributed by atoms with E-state index in [1.165, 1.54) is 6.08 Å². The fourth-order valence-electron chi connectivity index (χ4n) is 2.13. The van der Waals surface area contributed by atoms with Crippen molar-refractivity contribution in [3.05, 3.63) is 23.5 Å². The second kappa shape index (κ2) is 6.36. The van der Waals surface area contributed by atoms with Gasteiger partial charge in [0.2, 0.25) is 0 Å². The molecule has 1 N–H and O–H groups in total. The van der Waals surface area contributed by atoms with Gasteiger partial charge in [-0.15, -0.1) is 5.10 Å². The van der Waals surface area contributed by atoms with E-state index in [0.29, 0.717) is 32.7 Å². The SMILES string of the molecule is CNCc1cn(CCN2CC=C(C(F)(F)F)CC2)nn1. The van der Waals surface area contributed by atoms with E-state index in [0.717, 1.165) is 5.69 Å². The summed E-state index contributed by atoms with van der Waals surface area (Å²) in [5.41, 5.74) is 0.441. The Morgan fingerprint density at radius 2 is 2.15 bits per heavy atom. The smallest absolute Gasteiger partial charge is 0.314 e. The van der Waals surface area contributed by atoms with Crippen LogP contribution < -0.4 is 5.32 Å². The van der Waals surface area contributed by atoms with Gasteiger partial charge in [0, 0.05) is 37.9 Å². The quantitative estimate of drug-likeness (QED) is 0.827. The maximum absolute atomic E-state index is 12.5. The third-order valence-corrected chi connectivity index (χ3v) is 3.25. The maximum atomic E-state index is 12.5. The molecule has 1 aromatic rings. The highest BCUT2D eigenvalue weighted by Gasteiger charge is 2.34. The molecule has 0 radical (unpaired) electrons. The average molecular weight is 289 g/mol. The van der Waals surface area contributed by atoms with E-state index >= 15 is 0 Å². The van der Waals surface area contributed by atoms with E-state index in [1.807, 2.05) is 18.1 Å². The number of alkyl halides is 3. The van der Waals surface area contributed by atoms with Crippen molar-refractivity contribution in [1.82, 2.24) is 25.2 Å². The van der Waals surface area contributed by atoms with Gasteiger partial charge in [0.05, 0.1) is 12.2 Å². The van der Waals surface area contributed by atoms with Gasteiger partial charge in [0.25, 0.3) is 0 Å². The molecule has 0 spiro atoms. The minimum absolute atomic E-state index is 0.0614. The molecule has 0 amide bonds. The second-order valence-electron chi connectivity index (χ2n) is 4.78. The van der Waals surface area contributed by atoms with Gasteiger partial charge < -0.3 is 5.32 Å². The molecule has 2 rings (SSSR count). The predicted octanol–water partition coefficient (Wildman–Crippen LogP) is 1.19. The summed E-state index contributed by atoms with van der Waals surface area (Å²) in [7, 11) is 1.83. The Hall–Kier alpha value is -1.41. The van der Waals surface area contributed by atoms with Crippen molar-refractivity contribution in [2.24, 2.45) is 0 Å². The number of halogens is 3. The first-order chi connectivity index (χ1) is 9.49. The van der Waals surface area contributed by atoms with Crippen LogP contribution in [0.5, 0.6) is 0 Å². The lowest BCUT2D eigenvalue weighted by Gasteiger charge is -2.26. The highest BCUT2D eigenvalue weighted by molar-refractivity contribution is 5.12. The first-order valence-electron chi connectivity index (χ1n) is 6.51. The third kappa shape index (κ3) is 4.04. The molecule has 0 saturated carbocycles. The molecule has 0 fully saturated rings. The molecule has 5 nitrogen and oxygen atoms in total. The monoisotopic (exact) mass is 289 g/mol. The molecule has 8 heteroatoms. The number of rotatable bonds is 5. The van der Waals surface area contributed by atoms with E-state index in [-0.39, 0.29) is 6.42 Å². The minimum atomic E-state index is -4.18. The molecule has 1 aromatic heterocycles. The van der Waals surface area contributed by atoms with Crippen LogP contribution in [-0.2, 0) is 13.1 Å². The van der Waals surface area contributed by atoms with Crippen LogP contribution in [0.3, 0.4) is 0 Å². The minimum Gasteiger partial charge on any atom is -0.314 e. The van der Waals surface area contributed by atoms with E-state index in [4.69, 9.17) is 0 Å². The summed E-state index contributed by atoms with van der Waals surface area (Å²) < 4.78 is 39.2. The molecule has 20 heavy (non-hydrogen) atoms. The molecule has 0 unspecified atom stereocenters. The molecule has 0 aliphatic carbocycles. The number of nitrogens with zero attached hydrogens (tertiary/aromatic N) is 4. The predicted molar refractivity (Wildman–Crippen MR) is 68.0 cm³/mol. The summed E-state index contributed by atoms with van der Waals surface area (Å²) in [6, 6.07) is 0. The molecule has 1 aliphatic rings. The fourth-order valence-corrected chi connectivity index (χ4v) is 2.13. The Balaban J connectivity index is 1.79. The van der Waals surface area contributed by atoms with Gasteiger partial charge in [0.15, 0.2) is 0 Å². The van der Waals surface area contributed by atoms with Crippen molar-refractivity contribution in [2.45, 2.75) is 25.7 Å². The van der Waals surface area contributed by atoms with Gasteiger partial charge in [0.1, 0.15) is 0 Å². The standard InChI is InChI=1S/C12H18F3N5/c1-16-8-11-9-20(18-17-11)7-6-19-4-2-10(3-5-19)12(13,14)15/h2,9,16H,3-8H2,1H3. The van der Waals surface area contributed by atoms with Crippen LogP contribution in [0.4, 0.5) is 13.2 Å². The molecule has 0 aromatic carbocycles. The van der Waals surface area contributed by atoms with Gasteiger partial charge in [-0.05, 0) is 13.5 Å². The molecule has 0 bridgehead atoms. The van der Waals surface area contributed by atoms with E-state index < -0.39 is 11.7 Å². The molecule has 0 atom stereocenters. The zero-order chi connectivity index (χ0) is 14.6. The van der Waals surface area contributed by atoms with Crippen molar-refractivity contribution in [3.8, 4) is 0 Å². The summed E-state index contributed by atoms with van der Waals surface area (Å²) in [6.45, 7) is 2.73. The van der Waals surface area contributed by atoms with E-state index in [2.05, 4.69) is 15.6 Å². The molecular formula is C12H18F3N5. The Morgan fingerprint density at radius 3 is 2.75 bits per heavy atom. The normalized spacial score (nSPS) is 17.3. The number of aromatic nitrogens is 3. The molecule has 0 saturated heterocycles. The number of hydrogen-bond donors (Lipinski definition) is 1. The summed E-state index contributed by atoms with van der Waals surface area (Å²) in [4.78, 5) is 1.98. The molecular weight excluding hydrogens is 271 g/mol. The van der Waals surface area contributed by atoms with Crippen molar-refractivity contribution in [2.75, 3.05) is 26.7 Å². The van der Waals surface area contributed by atoms with Crippen LogP contribution in [-0.4, -0.2) is 52.8 Å². The average Bonchev–Trinajstić information content (AvgIpc) is 2.84. The van der Waals surface area contributed by atoms with Crippen LogP contribution in [0.2, 0.25) is 0 Å². The van der Waals surface area contributed by atoms with Gasteiger partial charge in [-0.25, -0.2) is 0 Å². The van der Waals surface area contributed by atoms with Crippen LogP contribution in [0, 0.1) is 0 Å². The third-order valence-electron chi connectivity index (χ3n) is 3.25. The van der Waals surface area contributed by atoms with Crippen LogP contribution in [0.1, 0.15) is 12.1 Å². The van der Waals surface area contributed by atoms with Crippen molar-refractivity contribution >= 4 is 0 Å². The summed E-state index contributed by atoms with van der Waals surface area (Å²) in [5.74, 6) is 0. The highest BCUT2D eigenvalue weighted by atomic mass is 19.4. The largest absolute Gasteiger partial charge is 0.412 e. The Labute approximate surface area is 115 Å². The summed E-state index contributed by atoms with van der Waals surface area (Å²) in [5, 5.41) is 10.9. The Kier molecular flexibility index (Phi) is 4.77. The lowest BCUT2D eigenvalue weighted by molar-refractivity contribution is -0.0960. The van der Waals surface area contributed by atoms with E-state index in [1.54, 1.807) is 4.68 Å². The molecule has 1 aliphatic heterocycles. The first-order valence-corrected chi connectivity index (χ1v) is 6.51. The van der Waals surface area contributed by atoms with E-state index in [9.17, 15) is 13.2 Å². The Bertz CT molecular complexity index is 466. The van der Waals surface area contributed by atoms with Gasteiger partial charge in [-0.1, -0.05) is 11.3 Å². The van der Waals surface area contributed by atoms with Crippen molar-refractivity contribution < 1.29 is 13.2 Å².